The molecule has 12 aromatic rings. The Labute approximate surface area is 334 Å². The summed E-state index contributed by atoms with van der Waals surface area (Å²) in [6, 6.07) is 69.6. The zero-order valence-corrected chi connectivity index (χ0v) is 31.8. The van der Waals surface area contributed by atoms with Gasteiger partial charge in [0.25, 0.3) is 5.56 Å². The number of benzene rings is 11. The van der Waals surface area contributed by atoms with E-state index in [0.717, 1.165) is 49.8 Å². The molecule has 0 spiro atoms. The third-order valence-corrected chi connectivity index (χ3v) is 12.5. The maximum Gasteiger partial charge on any atom is 0.263 e. The highest BCUT2D eigenvalue weighted by Gasteiger charge is 2.17. The monoisotopic (exact) mass is 737 g/mol. The van der Waals surface area contributed by atoms with Gasteiger partial charge in [0, 0.05) is 10.8 Å². The molecule has 270 valence electrons. The van der Waals surface area contributed by atoms with Crippen molar-refractivity contribution in [2.75, 3.05) is 0 Å². The Kier molecular flexibility index (Phi) is 7.03. The summed E-state index contributed by atoms with van der Waals surface area (Å²) in [6.45, 7) is 2.12. The van der Waals surface area contributed by atoms with Gasteiger partial charge in [-0.15, -0.1) is 0 Å². The van der Waals surface area contributed by atoms with E-state index in [0.29, 0.717) is 5.39 Å². The van der Waals surface area contributed by atoms with Crippen molar-refractivity contribution >= 4 is 86.3 Å². The van der Waals surface area contributed by atoms with Crippen molar-refractivity contribution in [1.82, 2.24) is 4.57 Å². The van der Waals surface area contributed by atoms with E-state index in [1.807, 2.05) is 22.8 Å². The second-order valence-corrected chi connectivity index (χ2v) is 15.6. The fraction of sp³-hybridized carbons (Fsp3) is 0.0179. The molecule has 0 aliphatic carbocycles. The van der Waals surface area contributed by atoms with E-state index < -0.39 is 0 Å². The molecule has 0 fully saturated rings. The zero-order chi connectivity index (χ0) is 38.5. The molecule has 0 saturated heterocycles. The lowest BCUT2D eigenvalue weighted by molar-refractivity contribution is 1.04. The molecule has 2 nitrogen and oxygen atoms in total. The second-order valence-electron chi connectivity index (χ2n) is 15.6. The number of hydrogen-bond acceptors (Lipinski definition) is 1. The number of hydrogen-bond donors (Lipinski definition) is 0. The lowest BCUT2D eigenvalue weighted by atomic mass is 9.91. The van der Waals surface area contributed by atoms with Gasteiger partial charge in [-0.1, -0.05) is 152 Å². The predicted molar refractivity (Wildman–Crippen MR) is 248 cm³/mol. The van der Waals surface area contributed by atoms with E-state index in [1.54, 1.807) is 0 Å². The number of nitrogens with zero attached hydrogens (tertiary/aromatic N) is 1. The van der Waals surface area contributed by atoms with Crippen LogP contribution in [0.5, 0.6) is 0 Å². The molecule has 0 N–H and O–H groups in total. The van der Waals surface area contributed by atoms with Gasteiger partial charge in [-0.05, 0) is 147 Å². The third-order valence-electron chi connectivity index (χ3n) is 12.5. The highest BCUT2D eigenvalue weighted by atomic mass is 16.1. The third kappa shape index (κ3) is 4.76. The van der Waals surface area contributed by atoms with E-state index in [4.69, 9.17) is 0 Å². The number of aromatic nitrogens is 1. The molecule has 58 heavy (non-hydrogen) atoms. The number of fused-ring (bicyclic) bond motifs is 15. The van der Waals surface area contributed by atoms with E-state index >= 15 is 0 Å². The summed E-state index contributed by atoms with van der Waals surface area (Å²) in [5.41, 5.74) is 7.34. The zero-order valence-electron chi connectivity index (χ0n) is 31.8. The van der Waals surface area contributed by atoms with Gasteiger partial charge in [0.05, 0.1) is 11.2 Å². The van der Waals surface area contributed by atoms with Gasteiger partial charge in [-0.3, -0.25) is 9.36 Å². The molecule has 0 saturated carbocycles. The molecule has 0 radical (unpaired) electrons. The highest BCUT2D eigenvalue weighted by Crippen LogP contribution is 2.40. The molecule has 0 amide bonds. The van der Waals surface area contributed by atoms with Crippen LogP contribution >= 0.6 is 0 Å². The first-order valence-electron chi connectivity index (χ1n) is 20.0. The molecule has 0 aliphatic heterocycles. The Morgan fingerprint density at radius 2 is 0.603 bits per heavy atom. The van der Waals surface area contributed by atoms with E-state index in [-0.39, 0.29) is 5.56 Å². The second kappa shape index (κ2) is 12.5. The summed E-state index contributed by atoms with van der Waals surface area (Å²) in [4.78, 5) is 14.5. The Morgan fingerprint density at radius 1 is 0.293 bits per heavy atom. The van der Waals surface area contributed by atoms with Gasteiger partial charge < -0.3 is 0 Å². The summed E-state index contributed by atoms with van der Waals surface area (Å²) >= 11 is 0. The number of pyridine rings is 1. The summed E-state index contributed by atoms with van der Waals surface area (Å²) < 4.78 is 1.92. The van der Waals surface area contributed by atoms with Crippen molar-refractivity contribution in [3.63, 3.8) is 0 Å². The molecule has 0 bridgehead atoms. The minimum Gasteiger partial charge on any atom is -0.276 e. The van der Waals surface area contributed by atoms with Gasteiger partial charge in [0.1, 0.15) is 0 Å². The van der Waals surface area contributed by atoms with Gasteiger partial charge in [-0.2, -0.15) is 0 Å². The summed E-state index contributed by atoms with van der Waals surface area (Å²) in [5, 5.41) is 17.8. The Hall–Kier alpha value is -7.55. The van der Waals surface area contributed by atoms with Crippen LogP contribution in [0.15, 0.2) is 199 Å². The van der Waals surface area contributed by atoms with Crippen molar-refractivity contribution < 1.29 is 0 Å². The minimum absolute atomic E-state index is 0.0141. The summed E-state index contributed by atoms with van der Waals surface area (Å²) in [7, 11) is 0. The van der Waals surface area contributed by atoms with Crippen molar-refractivity contribution in [3.8, 4) is 27.9 Å². The quantitative estimate of drug-likeness (QED) is 0.166. The molecule has 1 aromatic heterocycles. The SMILES string of the molecule is Cc1cc(-c2ccc3c4ccccc4c4ccccc4c3c2)ccc1-n1c(=O)c2ccccc2c2cc(-c3ccc4c5ccccc5c5ccccc5c4c3)ccc21. The van der Waals surface area contributed by atoms with Crippen LogP contribution in [-0.2, 0) is 0 Å². The maximum atomic E-state index is 14.5. The molecule has 11 aromatic carbocycles. The average molecular weight is 738 g/mol. The first-order valence-corrected chi connectivity index (χ1v) is 20.0. The standard InChI is InChI=1S/C56H35NO/c1-34-30-35(36-22-26-48-43-16-4-2-12-39(43)41-14-6-8-18-45(41)51(48)31-36)24-28-54(34)57-55-29-25-38(33-53(55)47-20-10-11-21-50(47)56(57)58)37-23-27-49-44-17-5-3-13-40(44)42-15-7-9-19-46(42)52(49)32-37/h2-33H,1H3. The topological polar surface area (TPSA) is 22.0 Å². The predicted octanol–water partition coefficient (Wildman–Crippen LogP) is 14.7. The van der Waals surface area contributed by atoms with Crippen LogP contribution in [0.2, 0.25) is 0 Å². The molecular formula is C56H35NO. The summed E-state index contributed by atoms with van der Waals surface area (Å²) in [6.07, 6.45) is 0. The Balaban J connectivity index is 1.02. The normalized spacial score (nSPS) is 11.9. The molecule has 0 atom stereocenters. The van der Waals surface area contributed by atoms with E-state index in [9.17, 15) is 4.79 Å². The molecule has 0 unspecified atom stereocenters. The lowest BCUT2D eigenvalue weighted by Gasteiger charge is -2.18. The number of aryl methyl sites for hydroxylation is 1. The van der Waals surface area contributed by atoms with Crippen molar-refractivity contribution in [1.29, 1.82) is 0 Å². The van der Waals surface area contributed by atoms with Gasteiger partial charge >= 0.3 is 0 Å². The largest absolute Gasteiger partial charge is 0.276 e. The maximum absolute atomic E-state index is 14.5. The highest BCUT2D eigenvalue weighted by molar-refractivity contribution is 6.27. The van der Waals surface area contributed by atoms with Crippen LogP contribution in [0.4, 0.5) is 0 Å². The van der Waals surface area contributed by atoms with Crippen LogP contribution in [0, 0.1) is 6.92 Å². The fourth-order valence-corrected chi connectivity index (χ4v) is 9.76. The van der Waals surface area contributed by atoms with Gasteiger partial charge in [-0.25, -0.2) is 0 Å². The molecule has 12 rings (SSSR count). The average Bonchev–Trinajstić information content (AvgIpc) is 3.29. The van der Waals surface area contributed by atoms with Gasteiger partial charge in [0.15, 0.2) is 0 Å². The van der Waals surface area contributed by atoms with Gasteiger partial charge in [0.2, 0.25) is 0 Å². The fourth-order valence-electron chi connectivity index (χ4n) is 9.76. The van der Waals surface area contributed by atoms with Crippen LogP contribution < -0.4 is 5.56 Å². The summed E-state index contributed by atoms with van der Waals surface area (Å²) in [5.74, 6) is 0. The van der Waals surface area contributed by atoms with Crippen LogP contribution in [0.1, 0.15) is 5.56 Å². The van der Waals surface area contributed by atoms with E-state index in [2.05, 4.69) is 183 Å². The van der Waals surface area contributed by atoms with Crippen molar-refractivity contribution in [3.05, 3.63) is 210 Å². The lowest BCUT2D eigenvalue weighted by Crippen LogP contribution is -2.20. The van der Waals surface area contributed by atoms with Crippen molar-refractivity contribution in [2.24, 2.45) is 0 Å². The first kappa shape index (κ1) is 32.7. The Bertz CT molecular complexity index is 3710. The van der Waals surface area contributed by atoms with Crippen molar-refractivity contribution in [2.45, 2.75) is 6.92 Å². The molecule has 2 heteroatoms. The van der Waals surface area contributed by atoms with Crippen LogP contribution in [0.25, 0.3) is 114 Å². The molecule has 1 heterocycles. The molecular weight excluding hydrogens is 703 g/mol. The smallest absolute Gasteiger partial charge is 0.263 e. The Morgan fingerprint density at radius 3 is 1.03 bits per heavy atom. The minimum atomic E-state index is -0.0141. The molecule has 0 aliphatic rings. The first-order chi connectivity index (χ1) is 28.6. The van der Waals surface area contributed by atoms with E-state index in [1.165, 1.54) is 64.6 Å². The number of rotatable bonds is 3. The van der Waals surface area contributed by atoms with Crippen LogP contribution in [0.3, 0.4) is 0 Å². The van der Waals surface area contributed by atoms with Crippen LogP contribution in [-0.4, -0.2) is 4.57 Å².